The molecule has 2 rings (SSSR count). The van der Waals surface area contributed by atoms with Gasteiger partial charge in [0.2, 0.25) is 0 Å². The van der Waals surface area contributed by atoms with Crippen LogP contribution in [0.5, 0.6) is 11.5 Å². The Bertz CT molecular complexity index is 885. The van der Waals surface area contributed by atoms with Gasteiger partial charge in [0.25, 0.3) is 0 Å². The van der Waals surface area contributed by atoms with E-state index in [0.29, 0.717) is 0 Å². The number of hydrogen-bond donors (Lipinski definition) is 2. The molecule has 0 saturated carbocycles. The molecule has 1 aromatic carbocycles. The molecule has 1 aromatic rings. The van der Waals surface area contributed by atoms with E-state index < -0.39 is 29.4 Å². The third-order valence-corrected chi connectivity index (χ3v) is 4.23. The maximum atomic E-state index is 12.9. The van der Waals surface area contributed by atoms with E-state index in [9.17, 15) is 24.6 Å². The third-order valence-electron chi connectivity index (χ3n) is 4.23. The minimum Gasteiger partial charge on any atom is -0.507 e. The predicted octanol–water partition coefficient (Wildman–Crippen LogP) is 4.03. The van der Waals surface area contributed by atoms with Crippen molar-refractivity contribution in [3.63, 3.8) is 0 Å². The summed E-state index contributed by atoms with van der Waals surface area (Å²) in [4.78, 5) is 37.6. The van der Waals surface area contributed by atoms with E-state index in [-0.39, 0.29) is 35.3 Å². The van der Waals surface area contributed by atoms with Crippen molar-refractivity contribution in [3.05, 3.63) is 58.7 Å². The summed E-state index contributed by atoms with van der Waals surface area (Å²) in [5.74, 6) is -2.59. The molecule has 0 saturated heterocycles. The van der Waals surface area contributed by atoms with Crippen LogP contribution in [0.25, 0.3) is 0 Å². The number of carbonyl (C=O) groups excluding carboxylic acids is 3. The zero-order valence-electron chi connectivity index (χ0n) is 16.2. The monoisotopic (exact) mass is 384 g/mol. The lowest BCUT2D eigenvalue weighted by molar-refractivity contribution is -0.146. The van der Waals surface area contributed by atoms with Gasteiger partial charge in [-0.15, -0.1) is 0 Å². The normalized spacial score (nSPS) is 14.5. The van der Waals surface area contributed by atoms with Gasteiger partial charge in [-0.1, -0.05) is 30.7 Å². The highest BCUT2D eigenvalue weighted by atomic mass is 16.5. The molecule has 1 atom stereocenters. The number of ether oxygens (including phenoxy) is 1. The van der Waals surface area contributed by atoms with Crippen molar-refractivity contribution in [1.82, 2.24) is 0 Å². The topological polar surface area (TPSA) is 101 Å². The Labute approximate surface area is 163 Å². The first-order chi connectivity index (χ1) is 13.3. The number of allylic oxidation sites excluding steroid dienone is 3. The van der Waals surface area contributed by atoms with Crippen molar-refractivity contribution < 1.29 is 29.3 Å². The van der Waals surface area contributed by atoms with Gasteiger partial charge in [-0.05, 0) is 38.5 Å². The molecule has 0 amide bonds. The third kappa shape index (κ3) is 4.76. The van der Waals surface area contributed by atoms with Crippen LogP contribution in [0.4, 0.5) is 0 Å². The van der Waals surface area contributed by atoms with Crippen LogP contribution in [0, 0.1) is 0 Å². The Morgan fingerprint density at radius 2 is 1.75 bits per heavy atom. The van der Waals surface area contributed by atoms with Crippen molar-refractivity contribution in [3.8, 4) is 11.5 Å². The SMILES string of the molecule is CC/C=C/CC(=O)O[C@H](CC=C(C)C)C1=CC(=O)c2c(O)ccc(O)c2C1=O. The number of rotatable bonds is 7. The number of hydrogen-bond acceptors (Lipinski definition) is 6. The number of fused-ring (bicyclic) bond motifs is 1. The molecule has 1 aliphatic carbocycles. The lowest BCUT2D eigenvalue weighted by Gasteiger charge is -2.23. The summed E-state index contributed by atoms with van der Waals surface area (Å²) in [6.45, 7) is 5.67. The summed E-state index contributed by atoms with van der Waals surface area (Å²) < 4.78 is 5.47. The number of carbonyl (C=O) groups is 3. The number of aromatic hydroxyl groups is 2. The lowest BCUT2D eigenvalue weighted by Crippen LogP contribution is -2.29. The van der Waals surface area contributed by atoms with Crippen LogP contribution >= 0.6 is 0 Å². The molecule has 6 nitrogen and oxygen atoms in total. The maximum Gasteiger partial charge on any atom is 0.310 e. The second-order valence-corrected chi connectivity index (χ2v) is 6.73. The highest BCUT2D eigenvalue weighted by molar-refractivity contribution is 6.27. The molecule has 2 N–H and O–H groups in total. The highest BCUT2D eigenvalue weighted by Gasteiger charge is 2.35. The maximum absolute atomic E-state index is 12.9. The first-order valence-corrected chi connectivity index (χ1v) is 9.09. The Morgan fingerprint density at radius 1 is 1.11 bits per heavy atom. The van der Waals surface area contributed by atoms with Gasteiger partial charge in [-0.25, -0.2) is 0 Å². The van der Waals surface area contributed by atoms with E-state index in [0.717, 1.165) is 30.2 Å². The second kappa shape index (κ2) is 9.17. The molecular weight excluding hydrogens is 360 g/mol. The molecule has 0 heterocycles. The molecular formula is C22H24O6. The summed E-state index contributed by atoms with van der Waals surface area (Å²) in [6.07, 6.45) is 6.47. The van der Waals surface area contributed by atoms with Gasteiger partial charge in [0.05, 0.1) is 17.5 Å². The molecule has 148 valence electrons. The lowest BCUT2D eigenvalue weighted by atomic mass is 9.85. The average molecular weight is 384 g/mol. The van der Waals surface area contributed by atoms with Crippen molar-refractivity contribution in [1.29, 1.82) is 0 Å². The van der Waals surface area contributed by atoms with E-state index in [2.05, 4.69) is 0 Å². The van der Waals surface area contributed by atoms with Crippen molar-refractivity contribution in [2.24, 2.45) is 0 Å². The minimum absolute atomic E-state index is 0.0243. The molecule has 0 fully saturated rings. The molecule has 0 aromatic heterocycles. The van der Waals surface area contributed by atoms with Crippen molar-refractivity contribution in [2.75, 3.05) is 0 Å². The first-order valence-electron chi connectivity index (χ1n) is 9.09. The summed E-state index contributed by atoms with van der Waals surface area (Å²) in [7, 11) is 0. The molecule has 1 aliphatic rings. The van der Waals surface area contributed by atoms with Gasteiger partial charge in [0, 0.05) is 12.0 Å². The molecule has 28 heavy (non-hydrogen) atoms. The summed E-state index contributed by atoms with van der Waals surface area (Å²) in [5, 5.41) is 20.0. The fourth-order valence-electron chi connectivity index (χ4n) is 2.86. The Balaban J connectivity index is 2.40. The van der Waals surface area contributed by atoms with Crippen molar-refractivity contribution >= 4 is 17.5 Å². The number of Topliss-reactive ketones (excluding diaryl/α,β-unsaturated/α-hetero) is 1. The van der Waals surface area contributed by atoms with E-state index in [4.69, 9.17) is 4.74 Å². The van der Waals surface area contributed by atoms with Gasteiger partial charge >= 0.3 is 5.97 Å². The molecule has 0 radical (unpaired) electrons. The van der Waals surface area contributed by atoms with Crippen LogP contribution in [0.2, 0.25) is 0 Å². The summed E-state index contributed by atoms with van der Waals surface area (Å²) >= 11 is 0. The standard InChI is InChI=1S/C22H24O6/c1-4-5-6-7-19(26)28-18(11-8-13(2)3)14-12-17(25)20-15(23)9-10-16(24)21(20)22(14)27/h5-6,8-10,12,18,23-24H,4,7,11H2,1-3H3/b6-5+/t18-/m1/s1. The first kappa shape index (κ1) is 21.2. The molecule has 0 spiro atoms. The number of ketones is 2. The number of benzene rings is 1. The molecule has 0 aliphatic heterocycles. The smallest absolute Gasteiger partial charge is 0.310 e. The number of phenols is 2. The van der Waals surface area contributed by atoms with Crippen LogP contribution in [-0.4, -0.2) is 33.9 Å². The summed E-state index contributed by atoms with van der Waals surface area (Å²) in [5.41, 5.74) is 0.422. The Morgan fingerprint density at radius 3 is 2.36 bits per heavy atom. The minimum atomic E-state index is -0.969. The molecule has 6 heteroatoms. The number of phenolic OH excluding ortho intramolecular Hbond substituents is 2. The van der Waals surface area contributed by atoms with Gasteiger partial charge in [0.1, 0.15) is 17.6 Å². The van der Waals surface area contributed by atoms with Gasteiger partial charge in [0.15, 0.2) is 11.6 Å². The molecule has 0 bridgehead atoms. The Kier molecular flexibility index (Phi) is 6.93. The van der Waals surface area contributed by atoms with Crippen LogP contribution in [0.3, 0.4) is 0 Å². The quantitative estimate of drug-likeness (QED) is 0.418. The van der Waals surface area contributed by atoms with Gasteiger partial charge in [-0.3, -0.25) is 14.4 Å². The van der Waals surface area contributed by atoms with Crippen LogP contribution in [-0.2, 0) is 9.53 Å². The predicted molar refractivity (Wildman–Crippen MR) is 104 cm³/mol. The zero-order valence-corrected chi connectivity index (χ0v) is 16.2. The van der Waals surface area contributed by atoms with Crippen LogP contribution in [0.1, 0.15) is 60.7 Å². The van der Waals surface area contributed by atoms with E-state index in [1.807, 2.05) is 26.8 Å². The summed E-state index contributed by atoms with van der Waals surface area (Å²) in [6, 6.07) is 2.30. The van der Waals surface area contributed by atoms with Gasteiger partial charge < -0.3 is 14.9 Å². The van der Waals surface area contributed by atoms with E-state index in [1.54, 1.807) is 12.2 Å². The highest BCUT2D eigenvalue weighted by Crippen LogP contribution is 2.36. The van der Waals surface area contributed by atoms with Crippen molar-refractivity contribution in [2.45, 2.75) is 46.1 Å². The largest absolute Gasteiger partial charge is 0.507 e. The van der Waals surface area contributed by atoms with E-state index >= 15 is 0 Å². The van der Waals surface area contributed by atoms with E-state index in [1.165, 1.54) is 0 Å². The van der Waals surface area contributed by atoms with Gasteiger partial charge in [-0.2, -0.15) is 0 Å². The second-order valence-electron chi connectivity index (χ2n) is 6.73. The van der Waals surface area contributed by atoms with Crippen LogP contribution < -0.4 is 0 Å². The van der Waals surface area contributed by atoms with Crippen LogP contribution in [0.15, 0.2) is 47.6 Å². The Hall–Kier alpha value is -3.15. The average Bonchev–Trinajstić information content (AvgIpc) is 2.63. The fourth-order valence-corrected chi connectivity index (χ4v) is 2.86. The molecule has 0 unspecified atom stereocenters. The number of esters is 1. The fraction of sp³-hybridized carbons (Fsp3) is 0.318. The zero-order chi connectivity index (χ0) is 20.8.